The molecule has 0 amide bonds. The van der Waals surface area contributed by atoms with Gasteiger partial charge < -0.3 is 24.8 Å². The van der Waals surface area contributed by atoms with Crippen molar-refractivity contribution in [1.29, 1.82) is 0 Å². The molecule has 1 aromatic heterocycles. The van der Waals surface area contributed by atoms with Crippen LogP contribution in [-0.2, 0) is 17.6 Å². The first-order chi connectivity index (χ1) is 11.8. The molecule has 0 radical (unpaired) electrons. The second kappa shape index (κ2) is 7.21. The third-order valence-electron chi connectivity index (χ3n) is 5.25. The quantitative estimate of drug-likeness (QED) is 0.802. The Hall–Kier alpha value is -1.44. The lowest BCUT2D eigenvalue weighted by atomic mass is 10.1. The van der Waals surface area contributed by atoms with Crippen LogP contribution >= 0.6 is 0 Å². The van der Waals surface area contributed by atoms with Gasteiger partial charge in [-0.25, -0.2) is 4.98 Å². The van der Waals surface area contributed by atoms with Gasteiger partial charge in [0, 0.05) is 57.8 Å². The molecule has 132 valence electrons. The van der Waals surface area contributed by atoms with Crippen LogP contribution < -0.4 is 15.1 Å². The fraction of sp³-hybridized carbons (Fsp3) is 0.765. The van der Waals surface area contributed by atoms with Gasteiger partial charge >= 0.3 is 0 Å². The van der Waals surface area contributed by atoms with Gasteiger partial charge in [-0.1, -0.05) is 0 Å². The Morgan fingerprint density at radius 2 is 1.62 bits per heavy atom. The van der Waals surface area contributed by atoms with Crippen LogP contribution in [0.25, 0.3) is 0 Å². The topological polar surface area (TPSA) is 56.8 Å². The van der Waals surface area contributed by atoms with E-state index in [0.717, 1.165) is 90.2 Å². The summed E-state index contributed by atoms with van der Waals surface area (Å²) < 4.78 is 5.53. The maximum Gasteiger partial charge on any atom is 0.227 e. The monoisotopic (exact) mass is 332 g/mol. The summed E-state index contributed by atoms with van der Waals surface area (Å²) in [5.74, 6) is 2.08. The van der Waals surface area contributed by atoms with Gasteiger partial charge in [0.2, 0.25) is 5.95 Å². The van der Waals surface area contributed by atoms with Crippen LogP contribution in [0, 0.1) is 0 Å². The fourth-order valence-corrected chi connectivity index (χ4v) is 3.70. The molecular formula is C17H28N6O. The first-order valence-corrected chi connectivity index (χ1v) is 9.18. The van der Waals surface area contributed by atoms with E-state index in [1.807, 2.05) is 0 Å². The maximum absolute atomic E-state index is 5.53. The molecule has 1 aromatic rings. The number of rotatable bonds is 2. The van der Waals surface area contributed by atoms with Crippen LogP contribution in [0.1, 0.15) is 11.3 Å². The molecule has 3 aliphatic rings. The van der Waals surface area contributed by atoms with Crippen molar-refractivity contribution in [3.05, 3.63) is 11.3 Å². The van der Waals surface area contributed by atoms with E-state index < -0.39 is 0 Å². The van der Waals surface area contributed by atoms with Crippen molar-refractivity contribution in [2.45, 2.75) is 12.8 Å². The van der Waals surface area contributed by atoms with E-state index in [4.69, 9.17) is 14.7 Å². The zero-order valence-electron chi connectivity index (χ0n) is 14.6. The van der Waals surface area contributed by atoms with Gasteiger partial charge in [-0.05, 0) is 20.0 Å². The number of hydrogen-bond acceptors (Lipinski definition) is 7. The van der Waals surface area contributed by atoms with Crippen molar-refractivity contribution in [3.63, 3.8) is 0 Å². The van der Waals surface area contributed by atoms with Crippen LogP contribution in [0.4, 0.5) is 11.8 Å². The summed E-state index contributed by atoms with van der Waals surface area (Å²) in [5, 5.41) is 3.50. The fourth-order valence-electron chi connectivity index (χ4n) is 3.70. The normalized spacial score (nSPS) is 23.0. The summed E-state index contributed by atoms with van der Waals surface area (Å²) in [5.41, 5.74) is 2.59. The molecule has 0 aromatic carbocycles. The van der Waals surface area contributed by atoms with Crippen molar-refractivity contribution in [1.82, 2.24) is 20.2 Å². The molecule has 2 saturated heterocycles. The van der Waals surface area contributed by atoms with Crippen molar-refractivity contribution < 1.29 is 4.74 Å². The SMILES string of the molecule is CN1CCN(c2nc3c(c(N4CCOCC4)n2)CCNCC3)CC1. The van der Waals surface area contributed by atoms with Crippen LogP contribution in [0.2, 0.25) is 0 Å². The van der Waals surface area contributed by atoms with Gasteiger partial charge in [-0.3, -0.25) is 0 Å². The zero-order chi connectivity index (χ0) is 16.4. The molecule has 0 saturated carbocycles. The summed E-state index contributed by atoms with van der Waals surface area (Å²) in [6.07, 6.45) is 2.01. The highest BCUT2D eigenvalue weighted by molar-refractivity contribution is 5.54. The van der Waals surface area contributed by atoms with E-state index in [2.05, 4.69) is 27.1 Å². The number of piperazine rings is 1. The molecule has 2 fully saturated rings. The van der Waals surface area contributed by atoms with Gasteiger partial charge in [-0.15, -0.1) is 0 Å². The number of likely N-dealkylation sites (N-methyl/N-ethyl adjacent to an activating group) is 1. The number of nitrogens with zero attached hydrogens (tertiary/aromatic N) is 5. The summed E-state index contributed by atoms with van der Waals surface area (Å²) in [6, 6.07) is 0. The van der Waals surface area contributed by atoms with Crippen LogP contribution in [0.3, 0.4) is 0 Å². The summed E-state index contributed by atoms with van der Waals surface area (Å²) in [7, 11) is 2.18. The minimum absolute atomic E-state index is 0.793. The minimum atomic E-state index is 0.793. The van der Waals surface area contributed by atoms with Crippen molar-refractivity contribution in [2.24, 2.45) is 0 Å². The number of morpholine rings is 1. The van der Waals surface area contributed by atoms with Gasteiger partial charge in [-0.2, -0.15) is 4.98 Å². The standard InChI is InChI=1S/C17H28N6O/c1-21-6-8-23(9-7-21)17-19-15-3-5-18-4-2-14(15)16(20-17)22-10-12-24-13-11-22/h18H,2-13H2,1H3. The summed E-state index contributed by atoms with van der Waals surface area (Å²) in [6.45, 7) is 9.64. The molecule has 0 bridgehead atoms. The molecule has 24 heavy (non-hydrogen) atoms. The van der Waals surface area contributed by atoms with Crippen molar-refractivity contribution in [3.8, 4) is 0 Å². The van der Waals surface area contributed by atoms with Gasteiger partial charge in [0.05, 0.1) is 18.9 Å². The number of ether oxygens (including phenoxy) is 1. The van der Waals surface area contributed by atoms with Gasteiger partial charge in [0.1, 0.15) is 5.82 Å². The predicted octanol–water partition coefficient (Wildman–Crippen LogP) is -0.247. The van der Waals surface area contributed by atoms with E-state index in [-0.39, 0.29) is 0 Å². The van der Waals surface area contributed by atoms with E-state index in [1.165, 1.54) is 11.3 Å². The molecule has 0 atom stereocenters. The number of anilines is 2. The molecule has 4 rings (SSSR count). The van der Waals surface area contributed by atoms with E-state index >= 15 is 0 Å². The molecule has 7 nitrogen and oxygen atoms in total. The highest BCUT2D eigenvalue weighted by Gasteiger charge is 2.25. The van der Waals surface area contributed by atoms with Crippen LogP contribution in [0.5, 0.6) is 0 Å². The lowest BCUT2D eigenvalue weighted by Gasteiger charge is -2.34. The Bertz CT molecular complexity index is 566. The zero-order valence-corrected chi connectivity index (χ0v) is 14.6. The largest absolute Gasteiger partial charge is 0.378 e. The molecule has 1 N–H and O–H groups in total. The second-order valence-electron chi connectivity index (χ2n) is 6.91. The number of nitrogens with one attached hydrogen (secondary N) is 1. The summed E-state index contributed by atoms with van der Waals surface area (Å²) >= 11 is 0. The van der Waals surface area contributed by atoms with Crippen molar-refractivity contribution >= 4 is 11.8 Å². The minimum Gasteiger partial charge on any atom is -0.378 e. The number of fused-ring (bicyclic) bond motifs is 1. The van der Waals surface area contributed by atoms with Crippen LogP contribution in [-0.4, -0.2) is 87.5 Å². The lowest BCUT2D eigenvalue weighted by molar-refractivity contribution is 0.122. The van der Waals surface area contributed by atoms with Crippen molar-refractivity contribution in [2.75, 3.05) is 82.4 Å². The predicted molar refractivity (Wildman–Crippen MR) is 95.1 cm³/mol. The molecule has 0 aliphatic carbocycles. The number of hydrogen-bond donors (Lipinski definition) is 1. The average molecular weight is 332 g/mol. The Kier molecular flexibility index (Phi) is 4.82. The van der Waals surface area contributed by atoms with E-state index in [9.17, 15) is 0 Å². The molecule has 0 unspecified atom stereocenters. The molecule has 0 spiro atoms. The summed E-state index contributed by atoms with van der Waals surface area (Å²) in [4.78, 5) is 17.1. The van der Waals surface area contributed by atoms with E-state index in [0.29, 0.717) is 0 Å². The first kappa shape index (κ1) is 16.1. The highest BCUT2D eigenvalue weighted by Crippen LogP contribution is 2.27. The first-order valence-electron chi connectivity index (χ1n) is 9.18. The van der Waals surface area contributed by atoms with Gasteiger partial charge in [0.25, 0.3) is 0 Å². The Morgan fingerprint density at radius 3 is 2.42 bits per heavy atom. The Labute approximate surface area is 144 Å². The number of aromatic nitrogens is 2. The third kappa shape index (κ3) is 3.34. The molecule has 7 heteroatoms. The average Bonchev–Trinajstić information content (AvgIpc) is 2.87. The van der Waals surface area contributed by atoms with E-state index in [1.54, 1.807) is 0 Å². The smallest absolute Gasteiger partial charge is 0.227 e. The lowest BCUT2D eigenvalue weighted by Crippen LogP contribution is -2.45. The highest BCUT2D eigenvalue weighted by atomic mass is 16.5. The molecule has 4 heterocycles. The maximum atomic E-state index is 5.53. The Morgan fingerprint density at radius 1 is 0.875 bits per heavy atom. The third-order valence-corrected chi connectivity index (χ3v) is 5.25. The van der Waals surface area contributed by atoms with Crippen LogP contribution in [0.15, 0.2) is 0 Å². The Balaban J connectivity index is 1.68. The molecular weight excluding hydrogens is 304 g/mol. The molecule has 3 aliphatic heterocycles. The second-order valence-corrected chi connectivity index (χ2v) is 6.91. The van der Waals surface area contributed by atoms with Gasteiger partial charge in [0.15, 0.2) is 0 Å².